The van der Waals surface area contributed by atoms with Gasteiger partial charge in [-0.3, -0.25) is 9.59 Å². The third kappa shape index (κ3) is 5.72. The quantitative estimate of drug-likeness (QED) is 0.603. The van der Waals surface area contributed by atoms with Crippen LogP contribution in [0.4, 0.5) is 5.69 Å². The third-order valence-corrected chi connectivity index (χ3v) is 4.43. The van der Waals surface area contributed by atoms with Crippen LogP contribution in [0.5, 0.6) is 5.75 Å². The molecule has 6 nitrogen and oxygen atoms in total. The van der Waals surface area contributed by atoms with Crippen LogP contribution >= 0.6 is 0 Å². The molecule has 0 spiro atoms. The second kappa shape index (κ2) is 9.59. The number of aryl methyl sites for hydroxylation is 1. The molecule has 0 bridgehead atoms. The van der Waals surface area contributed by atoms with Gasteiger partial charge in [0.2, 0.25) is 0 Å². The third-order valence-electron chi connectivity index (χ3n) is 4.43. The summed E-state index contributed by atoms with van der Waals surface area (Å²) in [5.41, 5.74) is 2.30. The summed E-state index contributed by atoms with van der Waals surface area (Å²) in [5, 5.41) is 5.57. The van der Waals surface area contributed by atoms with Crippen LogP contribution < -0.4 is 15.4 Å². The minimum absolute atomic E-state index is 0.216. The maximum Gasteiger partial charge on any atom is 0.265 e. The number of carbonyl (C=O) groups is 2. The fourth-order valence-electron chi connectivity index (χ4n) is 2.69. The van der Waals surface area contributed by atoms with Gasteiger partial charge in [0.05, 0.1) is 12.8 Å². The van der Waals surface area contributed by atoms with Gasteiger partial charge in [0.25, 0.3) is 11.8 Å². The molecule has 2 aromatic carbocycles. The van der Waals surface area contributed by atoms with Crippen molar-refractivity contribution >= 4 is 17.5 Å². The van der Waals surface area contributed by atoms with Crippen LogP contribution in [-0.4, -0.2) is 17.9 Å². The molecule has 0 radical (unpaired) electrons. The van der Waals surface area contributed by atoms with Gasteiger partial charge in [0, 0.05) is 11.3 Å². The summed E-state index contributed by atoms with van der Waals surface area (Å²) in [6.45, 7) is 4.10. The number of benzene rings is 2. The van der Waals surface area contributed by atoms with E-state index in [9.17, 15) is 9.59 Å². The smallest absolute Gasteiger partial charge is 0.265 e. The monoisotopic (exact) mass is 392 g/mol. The predicted molar refractivity (Wildman–Crippen MR) is 111 cm³/mol. The molecule has 29 heavy (non-hydrogen) atoms. The van der Waals surface area contributed by atoms with Crippen LogP contribution in [-0.2, 0) is 17.8 Å². The Bertz CT molecular complexity index is 932. The van der Waals surface area contributed by atoms with Crippen molar-refractivity contribution < 1.29 is 18.7 Å². The van der Waals surface area contributed by atoms with Gasteiger partial charge < -0.3 is 19.8 Å². The molecule has 0 saturated heterocycles. The van der Waals surface area contributed by atoms with E-state index in [1.807, 2.05) is 24.3 Å². The molecular weight excluding hydrogens is 368 g/mol. The summed E-state index contributed by atoms with van der Waals surface area (Å²) in [6, 6.07) is 17.9. The minimum atomic E-state index is -0.654. The first kappa shape index (κ1) is 20.2. The van der Waals surface area contributed by atoms with Crippen LogP contribution in [0.15, 0.2) is 71.3 Å². The van der Waals surface area contributed by atoms with Crippen molar-refractivity contribution in [2.45, 2.75) is 32.9 Å². The number of ether oxygens (including phenoxy) is 1. The average molecular weight is 392 g/mol. The molecule has 0 saturated carbocycles. The zero-order valence-corrected chi connectivity index (χ0v) is 16.5. The van der Waals surface area contributed by atoms with Crippen LogP contribution in [0, 0.1) is 0 Å². The van der Waals surface area contributed by atoms with Gasteiger partial charge in [-0.25, -0.2) is 0 Å². The highest BCUT2D eigenvalue weighted by Crippen LogP contribution is 2.16. The predicted octanol–water partition coefficient (Wildman–Crippen LogP) is 4.18. The van der Waals surface area contributed by atoms with E-state index in [2.05, 4.69) is 17.6 Å². The largest absolute Gasteiger partial charge is 0.481 e. The number of carbonyl (C=O) groups excluding carboxylic acids is 2. The lowest BCUT2D eigenvalue weighted by Crippen LogP contribution is -2.30. The maximum atomic E-state index is 12.4. The molecule has 2 N–H and O–H groups in total. The molecule has 3 aromatic rings. The molecule has 0 fully saturated rings. The molecule has 0 aliphatic rings. The first-order chi connectivity index (χ1) is 14.0. The molecule has 1 heterocycles. The number of anilines is 1. The maximum absolute atomic E-state index is 12.4. The molecule has 3 rings (SSSR count). The standard InChI is InChI=1S/C23H24N2O4/c1-3-17-6-12-20(13-7-17)29-16(2)22(26)25-19-10-8-18(9-11-19)23(27)24-15-21-5-4-14-28-21/h4-14,16H,3,15H2,1-2H3,(H,24,27)(H,25,26). The van der Waals surface area contributed by atoms with Gasteiger partial charge >= 0.3 is 0 Å². The van der Waals surface area contributed by atoms with Crippen molar-refractivity contribution in [1.29, 1.82) is 0 Å². The Hall–Kier alpha value is -3.54. The Morgan fingerprint density at radius 3 is 2.38 bits per heavy atom. The van der Waals surface area contributed by atoms with Crippen molar-refractivity contribution in [2.24, 2.45) is 0 Å². The van der Waals surface area contributed by atoms with Crippen LogP contribution in [0.3, 0.4) is 0 Å². The Morgan fingerprint density at radius 2 is 1.76 bits per heavy atom. The van der Waals surface area contributed by atoms with Crippen LogP contribution in [0.25, 0.3) is 0 Å². The molecule has 1 atom stereocenters. The van der Waals surface area contributed by atoms with Crippen molar-refractivity contribution in [3.05, 3.63) is 83.8 Å². The lowest BCUT2D eigenvalue weighted by atomic mass is 10.2. The molecule has 2 amide bonds. The Morgan fingerprint density at radius 1 is 1.03 bits per heavy atom. The molecule has 0 aliphatic heterocycles. The van der Waals surface area contributed by atoms with Gasteiger partial charge in [-0.05, 0) is 67.4 Å². The van der Waals surface area contributed by atoms with Gasteiger partial charge in [0.1, 0.15) is 11.5 Å². The lowest BCUT2D eigenvalue weighted by Gasteiger charge is -2.15. The first-order valence-corrected chi connectivity index (χ1v) is 9.52. The Balaban J connectivity index is 1.51. The summed E-state index contributed by atoms with van der Waals surface area (Å²) >= 11 is 0. The van der Waals surface area contributed by atoms with Crippen molar-refractivity contribution in [2.75, 3.05) is 5.32 Å². The number of hydrogen-bond donors (Lipinski definition) is 2. The summed E-state index contributed by atoms with van der Waals surface area (Å²) in [7, 11) is 0. The van der Waals surface area contributed by atoms with E-state index in [0.29, 0.717) is 29.3 Å². The normalized spacial score (nSPS) is 11.5. The fraction of sp³-hybridized carbons (Fsp3) is 0.217. The molecule has 1 unspecified atom stereocenters. The van der Waals surface area contributed by atoms with Gasteiger partial charge in [-0.15, -0.1) is 0 Å². The summed E-state index contributed by atoms with van der Waals surface area (Å²) < 4.78 is 10.9. The zero-order chi connectivity index (χ0) is 20.6. The fourth-order valence-corrected chi connectivity index (χ4v) is 2.69. The van der Waals surface area contributed by atoms with Crippen molar-refractivity contribution in [3.8, 4) is 5.75 Å². The van der Waals surface area contributed by atoms with Gasteiger partial charge in [-0.1, -0.05) is 19.1 Å². The Kier molecular flexibility index (Phi) is 6.68. The van der Waals surface area contributed by atoms with Crippen molar-refractivity contribution in [1.82, 2.24) is 5.32 Å². The van der Waals surface area contributed by atoms with Crippen molar-refractivity contribution in [3.63, 3.8) is 0 Å². The van der Waals surface area contributed by atoms with E-state index in [1.54, 1.807) is 49.6 Å². The molecule has 1 aromatic heterocycles. The summed E-state index contributed by atoms with van der Waals surface area (Å²) in [6.07, 6.45) is 1.86. The van der Waals surface area contributed by atoms with Crippen LogP contribution in [0.2, 0.25) is 0 Å². The second-order valence-electron chi connectivity index (χ2n) is 6.59. The Labute approximate surface area is 169 Å². The van der Waals surface area contributed by atoms with E-state index in [4.69, 9.17) is 9.15 Å². The van der Waals surface area contributed by atoms with E-state index < -0.39 is 6.10 Å². The van der Waals surface area contributed by atoms with Gasteiger partial charge in [0.15, 0.2) is 6.10 Å². The highest BCUT2D eigenvalue weighted by Gasteiger charge is 2.15. The lowest BCUT2D eigenvalue weighted by molar-refractivity contribution is -0.122. The number of furan rings is 1. The topological polar surface area (TPSA) is 80.6 Å². The summed E-state index contributed by atoms with van der Waals surface area (Å²) in [5.74, 6) is 0.847. The van der Waals surface area contributed by atoms with E-state index in [0.717, 1.165) is 6.42 Å². The second-order valence-corrected chi connectivity index (χ2v) is 6.59. The number of nitrogens with one attached hydrogen (secondary N) is 2. The van der Waals surface area contributed by atoms with E-state index >= 15 is 0 Å². The van der Waals surface area contributed by atoms with Gasteiger partial charge in [-0.2, -0.15) is 0 Å². The number of hydrogen-bond acceptors (Lipinski definition) is 4. The van der Waals surface area contributed by atoms with Crippen LogP contribution in [0.1, 0.15) is 35.5 Å². The molecule has 150 valence electrons. The summed E-state index contributed by atoms with van der Waals surface area (Å²) in [4.78, 5) is 24.5. The zero-order valence-electron chi connectivity index (χ0n) is 16.5. The van der Waals surface area contributed by atoms with E-state index in [-0.39, 0.29) is 11.8 Å². The average Bonchev–Trinajstić information content (AvgIpc) is 3.26. The first-order valence-electron chi connectivity index (χ1n) is 9.52. The number of rotatable bonds is 8. The highest BCUT2D eigenvalue weighted by atomic mass is 16.5. The highest BCUT2D eigenvalue weighted by molar-refractivity contribution is 5.96. The minimum Gasteiger partial charge on any atom is -0.481 e. The number of amides is 2. The molecule has 6 heteroatoms. The molecule has 0 aliphatic carbocycles. The van der Waals surface area contributed by atoms with E-state index in [1.165, 1.54) is 5.56 Å². The molecular formula is C23H24N2O4. The SMILES string of the molecule is CCc1ccc(OC(C)C(=O)Nc2ccc(C(=O)NCc3ccco3)cc2)cc1.